The van der Waals surface area contributed by atoms with Crippen LogP contribution in [0.25, 0.3) is 0 Å². The first kappa shape index (κ1) is 48.3. The van der Waals surface area contributed by atoms with Crippen molar-refractivity contribution in [3.63, 3.8) is 0 Å². The number of rotatable bonds is 18. The fourth-order valence-corrected chi connectivity index (χ4v) is 9.47. The molecule has 0 aromatic carbocycles. The number of hydrogen-bond acceptors (Lipinski definition) is 8. The van der Waals surface area contributed by atoms with E-state index < -0.39 is 0 Å². The molecule has 0 amide bonds. The first-order chi connectivity index (χ1) is 26.3. The summed E-state index contributed by atoms with van der Waals surface area (Å²) in [7, 11) is 2.77. The van der Waals surface area contributed by atoms with E-state index in [0.29, 0.717) is 24.3 Å². The minimum atomic E-state index is -0.248. The lowest BCUT2D eigenvalue weighted by molar-refractivity contribution is -0.141. The van der Waals surface area contributed by atoms with Crippen molar-refractivity contribution in [2.45, 2.75) is 105 Å². The van der Waals surface area contributed by atoms with E-state index in [0.717, 1.165) is 57.4 Å². The predicted molar refractivity (Wildman–Crippen MR) is 239 cm³/mol. The summed E-state index contributed by atoms with van der Waals surface area (Å²) in [5.74, 6) is 0.966. The molecule has 0 radical (unpaired) electrons. The molecule has 2 atom stereocenters. The Balaban J connectivity index is 1.95. The summed E-state index contributed by atoms with van der Waals surface area (Å²) < 4.78 is 9.46. The Morgan fingerprint density at radius 2 is 0.911 bits per heavy atom. The molecular weight excluding hydrogens is 737 g/mol. The van der Waals surface area contributed by atoms with E-state index in [2.05, 4.69) is 116 Å². The zero-order valence-corrected chi connectivity index (χ0v) is 37.4. The Labute approximate surface area is 345 Å². The molecule has 0 fully saturated rings. The highest BCUT2D eigenvalue weighted by Gasteiger charge is 2.39. The molecule has 6 nitrogen and oxygen atoms in total. The van der Waals surface area contributed by atoms with Gasteiger partial charge >= 0.3 is 11.9 Å². The maximum absolute atomic E-state index is 13.1. The second kappa shape index (κ2) is 23.4. The van der Waals surface area contributed by atoms with Crippen LogP contribution in [0, 0.1) is 10.8 Å². The molecule has 0 saturated heterocycles. The number of ketones is 2. The van der Waals surface area contributed by atoms with E-state index in [-0.39, 0.29) is 44.8 Å². The van der Waals surface area contributed by atoms with Crippen LogP contribution in [-0.2, 0) is 28.7 Å². The minimum Gasteiger partial charge on any atom is -0.469 e. The highest BCUT2D eigenvalue weighted by atomic mass is 32.2. The van der Waals surface area contributed by atoms with Crippen LogP contribution in [0.3, 0.4) is 0 Å². The predicted octanol–water partition coefficient (Wildman–Crippen LogP) is 11.5. The lowest BCUT2D eigenvalue weighted by atomic mass is 9.72. The number of carbonyl (C=O) groups is 4. The molecule has 0 saturated carbocycles. The molecule has 0 aromatic heterocycles. The van der Waals surface area contributed by atoms with Gasteiger partial charge in [-0.25, -0.2) is 0 Å². The van der Waals surface area contributed by atoms with Crippen LogP contribution < -0.4 is 0 Å². The molecule has 8 heteroatoms. The Morgan fingerprint density at radius 3 is 1.25 bits per heavy atom. The molecule has 0 aliphatic heterocycles. The van der Waals surface area contributed by atoms with Gasteiger partial charge in [0.15, 0.2) is 11.6 Å². The average Bonchev–Trinajstić information content (AvgIpc) is 3.13. The van der Waals surface area contributed by atoms with Gasteiger partial charge in [0.25, 0.3) is 0 Å². The van der Waals surface area contributed by atoms with Crippen LogP contribution in [0.1, 0.15) is 94.9 Å². The Bertz CT molecular complexity index is 1670. The number of allylic oxidation sites excluding steroid dienone is 22. The highest BCUT2D eigenvalue weighted by Crippen LogP contribution is 2.44. The Morgan fingerprint density at radius 1 is 0.589 bits per heavy atom. The van der Waals surface area contributed by atoms with Crippen molar-refractivity contribution < 1.29 is 28.7 Å². The molecular formula is C48H64O6S2. The normalized spacial score (nSPS) is 21.6. The number of hydrogen-bond donors (Lipinski definition) is 0. The summed E-state index contributed by atoms with van der Waals surface area (Å²) in [6.07, 6.45) is 30.9. The second-order valence-electron chi connectivity index (χ2n) is 15.8. The largest absolute Gasteiger partial charge is 0.469 e. The summed E-state index contributed by atoms with van der Waals surface area (Å²) in [5, 5.41) is -0.284. The lowest BCUT2D eigenvalue weighted by Gasteiger charge is -2.36. The molecule has 2 rings (SSSR count). The molecule has 2 aliphatic carbocycles. The van der Waals surface area contributed by atoms with Gasteiger partial charge in [0, 0.05) is 11.5 Å². The standard InChI is InChI=1S/C48H64O6S2/c1-33(19-15-21-35(3)23-25-39-37(5)45(51)41(31-47(39,7)8)55-29-27-43(49)53-11)17-13-14-18-34(2)20-16-22-36(4)24-26-40-38(6)46(52)42(32-48(40,9)10)56-30-28-44(50)54-12/h13-26,41-42H,27-32H2,1-12H3/b14-13+,19-15+,20-16+,25-23+,26-24+,33-17+,34-18+,35-21+,36-22+. The van der Waals surface area contributed by atoms with Gasteiger partial charge in [0.05, 0.1) is 37.6 Å². The average molecular weight is 801 g/mol. The van der Waals surface area contributed by atoms with E-state index >= 15 is 0 Å². The summed E-state index contributed by atoms with van der Waals surface area (Å²) in [6, 6.07) is 0. The first-order valence-electron chi connectivity index (χ1n) is 19.3. The SMILES string of the molecule is COC(=O)CCSC1CC(C)(C)C(/C=C/C(C)=C/C=C/C(C)=C/C=C/C=C(C)/C=C/C=C(C)/C=C/C2=C(C)C(=O)C(SCCC(=O)OC)CC2(C)C)=C(C)C1=O. The van der Waals surface area contributed by atoms with Crippen molar-refractivity contribution in [1.29, 1.82) is 0 Å². The Kier molecular flexibility index (Phi) is 20.1. The third-order valence-electron chi connectivity index (χ3n) is 9.98. The van der Waals surface area contributed by atoms with Crippen LogP contribution in [-0.4, -0.2) is 59.7 Å². The van der Waals surface area contributed by atoms with Gasteiger partial charge in [-0.05, 0) is 87.5 Å². The number of carbonyl (C=O) groups excluding carboxylic acids is 4. The summed E-state index contributed by atoms with van der Waals surface area (Å²) in [6.45, 7) is 20.8. The molecule has 0 bridgehead atoms. The molecule has 0 N–H and O–H groups in total. The first-order valence-corrected chi connectivity index (χ1v) is 21.4. The second-order valence-corrected chi connectivity index (χ2v) is 18.4. The van der Waals surface area contributed by atoms with Gasteiger partial charge in [-0.2, -0.15) is 0 Å². The molecule has 0 spiro atoms. The monoisotopic (exact) mass is 800 g/mol. The minimum absolute atomic E-state index is 0.142. The number of esters is 2. The third kappa shape index (κ3) is 15.9. The van der Waals surface area contributed by atoms with Gasteiger partial charge in [-0.3, -0.25) is 19.2 Å². The molecule has 2 unspecified atom stereocenters. The lowest BCUT2D eigenvalue weighted by Crippen LogP contribution is -2.34. The van der Waals surface area contributed by atoms with Gasteiger partial charge in [0.2, 0.25) is 0 Å². The van der Waals surface area contributed by atoms with E-state index in [1.54, 1.807) is 23.5 Å². The topological polar surface area (TPSA) is 86.7 Å². The maximum atomic E-state index is 13.1. The van der Waals surface area contributed by atoms with Gasteiger partial charge < -0.3 is 9.47 Å². The highest BCUT2D eigenvalue weighted by molar-refractivity contribution is 8.00. The summed E-state index contributed by atoms with van der Waals surface area (Å²) in [4.78, 5) is 49.2. The van der Waals surface area contributed by atoms with Gasteiger partial charge in [-0.1, -0.05) is 135 Å². The number of ether oxygens (including phenoxy) is 2. The van der Waals surface area contributed by atoms with Crippen molar-refractivity contribution in [3.05, 3.63) is 130 Å². The quantitative estimate of drug-likeness (QED) is 0.100. The smallest absolute Gasteiger partial charge is 0.306 e. The molecule has 0 heterocycles. The molecule has 2 aliphatic rings. The van der Waals surface area contributed by atoms with Crippen molar-refractivity contribution in [3.8, 4) is 0 Å². The number of methoxy groups -OCH3 is 2. The van der Waals surface area contributed by atoms with Crippen molar-refractivity contribution in [2.75, 3.05) is 25.7 Å². The van der Waals surface area contributed by atoms with Crippen LogP contribution in [0.15, 0.2) is 130 Å². The zero-order chi connectivity index (χ0) is 42.1. The Hall–Kier alpha value is -3.88. The van der Waals surface area contributed by atoms with E-state index in [9.17, 15) is 19.2 Å². The fraction of sp³-hybridized carbons (Fsp3) is 0.458. The van der Waals surface area contributed by atoms with Crippen molar-refractivity contribution >= 4 is 47.0 Å². The van der Waals surface area contributed by atoms with E-state index in [1.807, 2.05) is 38.2 Å². The molecule has 0 aromatic rings. The number of thioether (sulfide) groups is 2. The summed E-state index contributed by atoms with van der Waals surface area (Å²) >= 11 is 3.10. The van der Waals surface area contributed by atoms with Crippen LogP contribution >= 0.6 is 23.5 Å². The molecule has 56 heavy (non-hydrogen) atoms. The van der Waals surface area contributed by atoms with E-state index in [4.69, 9.17) is 9.47 Å². The van der Waals surface area contributed by atoms with Crippen LogP contribution in [0.4, 0.5) is 0 Å². The fourth-order valence-electron chi connectivity index (χ4n) is 6.61. The third-order valence-corrected chi connectivity index (χ3v) is 12.4. The van der Waals surface area contributed by atoms with Crippen LogP contribution in [0.2, 0.25) is 0 Å². The van der Waals surface area contributed by atoms with Crippen molar-refractivity contribution in [2.24, 2.45) is 10.8 Å². The maximum Gasteiger partial charge on any atom is 0.306 e. The van der Waals surface area contributed by atoms with Crippen molar-refractivity contribution in [1.82, 2.24) is 0 Å². The zero-order valence-electron chi connectivity index (χ0n) is 35.7. The van der Waals surface area contributed by atoms with Gasteiger partial charge in [0.1, 0.15) is 0 Å². The van der Waals surface area contributed by atoms with Crippen LogP contribution in [0.5, 0.6) is 0 Å². The molecule has 304 valence electrons. The number of Topliss-reactive ketones (excluding diaryl/α,β-unsaturated/α-hetero) is 2. The van der Waals surface area contributed by atoms with E-state index in [1.165, 1.54) is 14.2 Å². The summed E-state index contributed by atoms with van der Waals surface area (Å²) in [5.41, 5.74) is 7.85. The van der Waals surface area contributed by atoms with Gasteiger partial charge in [-0.15, -0.1) is 23.5 Å².